The van der Waals surface area contributed by atoms with Crippen LogP contribution in [-0.2, 0) is 10.0 Å². The van der Waals surface area contributed by atoms with Gasteiger partial charge in [-0.15, -0.1) is 0 Å². The lowest BCUT2D eigenvalue weighted by molar-refractivity contribution is 0.415. The van der Waals surface area contributed by atoms with Crippen LogP contribution < -0.4 is 9.46 Å². The lowest BCUT2D eigenvalue weighted by Crippen LogP contribution is -2.12. The highest BCUT2D eigenvalue weighted by molar-refractivity contribution is 7.92. The average Bonchev–Trinajstić information content (AvgIpc) is 3.09. The Labute approximate surface area is 134 Å². The number of hydrogen-bond acceptors (Lipinski definition) is 4. The van der Waals surface area contributed by atoms with Crippen LogP contribution in [0.3, 0.4) is 0 Å². The predicted octanol–water partition coefficient (Wildman–Crippen LogP) is 3.76. The van der Waals surface area contributed by atoms with Crippen LogP contribution in [0, 0.1) is 0 Å². The summed E-state index contributed by atoms with van der Waals surface area (Å²) in [6, 6.07) is 16.8. The Balaban J connectivity index is 1.84. The molecule has 118 valence electrons. The molecule has 0 amide bonds. The molecule has 0 atom stereocenters. The van der Waals surface area contributed by atoms with Crippen LogP contribution in [0.15, 0.2) is 76.2 Å². The van der Waals surface area contributed by atoms with Crippen LogP contribution in [0.1, 0.15) is 0 Å². The molecule has 2 aromatic carbocycles. The van der Waals surface area contributed by atoms with E-state index in [2.05, 4.69) is 4.72 Å². The fourth-order valence-corrected chi connectivity index (χ4v) is 3.19. The first-order valence-electron chi connectivity index (χ1n) is 6.89. The van der Waals surface area contributed by atoms with Crippen LogP contribution in [0.25, 0.3) is 11.3 Å². The molecule has 3 aromatic rings. The second kappa shape index (κ2) is 6.18. The molecule has 23 heavy (non-hydrogen) atoms. The number of nitrogens with one attached hydrogen (secondary N) is 1. The van der Waals surface area contributed by atoms with Crippen molar-refractivity contribution in [3.05, 3.63) is 66.9 Å². The van der Waals surface area contributed by atoms with Gasteiger partial charge in [-0.2, -0.15) is 0 Å². The summed E-state index contributed by atoms with van der Waals surface area (Å²) in [5.74, 6) is 1.27. The van der Waals surface area contributed by atoms with Gasteiger partial charge in [-0.3, -0.25) is 4.72 Å². The Morgan fingerprint density at radius 2 is 1.78 bits per heavy atom. The number of sulfonamides is 1. The van der Waals surface area contributed by atoms with E-state index in [4.69, 9.17) is 9.15 Å². The Morgan fingerprint density at radius 1 is 1.00 bits per heavy atom. The van der Waals surface area contributed by atoms with Crippen molar-refractivity contribution in [2.75, 3.05) is 11.8 Å². The molecule has 1 heterocycles. The third-order valence-corrected chi connectivity index (χ3v) is 4.69. The van der Waals surface area contributed by atoms with Gasteiger partial charge in [0, 0.05) is 11.6 Å². The minimum absolute atomic E-state index is 0.177. The van der Waals surface area contributed by atoms with Crippen LogP contribution in [0.5, 0.6) is 5.75 Å². The number of benzene rings is 2. The van der Waals surface area contributed by atoms with E-state index in [1.54, 1.807) is 60.9 Å². The Bertz CT molecular complexity index is 885. The standard InChI is InChI=1S/C17H15NO4S/c1-21-15-5-2-4-14(12-15)18-23(19,20)16-9-7-13(8-10-16)17-6-3-11-22-17/h2-12,18H,1H3. The molecule has 0 unspecified atom stereocenters. The number of furan rings is 1. The van der Waals surface area contributed by atoms with Gasteiger partial charge < -0.3 is 9.15 Å². The maximum absolute atomic E-state index is 12.4. The maximum Gasteiger partial charge on any atom is 0.261 e. The monoisotopic (exact) mass is 329 g/mol. The maximum atomic E-state index is 12.4. The molecule has 3 rings (SSSR count). The summed E-state index contributed by atoms with van der Waals surface area (Å²) in [6.07, 6.45) is 1.57. The van der Waals surface area contributed by atoms with Gasteiger partial charge in [-0.1, -0.05) is 6.07 Å². The fourth-order valence-electron chi connectivity index (χ4n) is 2.14. The summed E-state index contributed by atoms with van der Waals surface area (Å²) in [6.45, 7) is 0. The largest absolute Gasteiger partial charge is 0.497 e. The highest BCUT2D eigenvalue weighted by Crippen LogP contribution is 2.24. The van der Waals surface area contributed by atoms with Crippen LogP contribution in [0.4, 0.5) is 5.69 Å². The van der Waals surface area contributed by atoms with Crippen molar-refractivity contribution in [3.63, 3.8) is 0 Å². The van der Waals surface area contributed by atoms with E-state index < -0.39 is 10.0 Å². The fraction of sp³-hybridized carbons (Fsp3) is 0.0588. The predicted molar refractivity (Wildman–Crippen MR) is 87.9 cm³/mol. The lowest BCUT2D eigenvalue weighted by atomic mass is 10.2. The molecule has 0 bridgehead atoms. The third kappa shape index (κ3) is 3.37. The normalized spacial score (nSPS) is 11.2. The first-order chi connectivity index (χ1) is 11.1. The highest BCUT2D eigenvalue weighted by Gasteiger charge is 2.15. The average molecular weight is 329 g/mol. The van der Waals surface area contributed by atoms with Crippen molar-refractivity contribution in [2.24, 2.45) is 0 Å². The van der Waals surface area contributed by atoms with Gasteiger partial charge in [0.25, 0.3) is 10.0 Å². The van der Waals surface area contributed by atoms with Crippen LogP contribution in [0.2, 0.25) is 0 Å². The Morgan fingerprint density at radius 3 is 2.43 bits per heavy atom. The minimum atomic E-state index is -3.66. The van der Waals surface area contributed by atoms with Crippen molar-refractivity contribution in [1.82, 2.24) is 0 Å². The number of rotatable bonds is 5. The highest BCUT2D eigenvalue weighted by atomic mass is 32.2. The van der Waals surface area contributed by atoms with Gasteiger partial charge in [0.1, 0.15) is 11.5 Å². The van der Waals surface area contributed by atoms with Crippen molar-refractivity contribution < 1.29 is 17.6 Å². The van der Waals surface area contributed by atoms with Crippen molar-refractivity contribution in [2.45, 2.75) is 4.90 Å². The van der Waals surface area contributed by atoms with E-state index in [1.807, 2.05) is 6.07 Å². The minimum Gasteiger partial charge on any atom is -0.497 e. The second-order valence-corrected chi connectivity index (χ2v) is 6.52. The summed E-state index contributed by atoms with van der Waals surface area (Å²) < 4.78 is 37.8. The zero-order chi connectivity index (χ0) is 16.3. The van der Waals surface area contributed by atoms with Gasteiger partial charge in [0.05, 0.1) is 24.0 Å². The molecule has 0 aliphatic rings. The summed E-state index contributed by atoms with van der Waals surface area (Å²) in [5.41, 5.74) is 1.26. The van der Waals surface area contributed by atoms with Crippen molar-refractivity contribution in [1.29, 1.82) is 0 Å². The molecule has 1 N–H and O–H groups in total. The Kier molecular flexibility index (Phi) is 4.08. The smallest absolute Gasteiger partial charge is 0.261 e. The number of methoxy groups -OCH3 is 1. The van der Waals surface area contributed by atoms with Crippen LogP contribution in [-0.4, -0.2) is 15.5 Å². The van der Waals surface area contributed by atoms with Gasteiger partial charge in [-0.05, 0) is 48.5 Å². The molecular weight excluding hydrogens is 314 g/mol. The van der Waals surface area contributed by atoms with E-state index in [0.29, 0.717) is 17.2 Å². The molecule has 0 aliphatic carbocycles. The molecule has 1 aromatic heterocycles. The van der Waals surface area contributed by atoms with Crippen molar-refractivity contribution >= 4 is 15.7 Å². The lowest BCUT2D eigenvalue weighted by Gasteiger charge is -2.09. The summed E-state index contributed by atoms with van der Waals surface area (Å²) in [4.78, 5) is 0.177. The molecule has 0 radical (unpaired) electrons. The van der Waals surface area contributed by atoms with E-state index in [1.165, 1.54) is 7.11 Å². The van der Waals surface area contributed by atoms with E-state index in [0.717, 1.165) is 5.56 Å². The molecule has 0 fully saturated rings. The van der Waals surface area contributed by atoms with E-state index >= 15 is 0 Å². The molecule has 6 heteroatoms. The SMILES string of the molecule is COc1cccc(NS(=O)(=O)c2ccc(-c3ccco3)cc2)c1. The van der Waals surface area contributed by atoms with E-state index in [9.17, 15) is 8.42 Å². The molecule has 0 spiro atoms. The Hall–Kier alpha value is -2.73. The van der Waals surface area contributed by atoms with Gasteiger partial charge in [0.2, 0.25) is 0 Å². The molecule has 0 saturated carbocycles. The first-order valence-corrected chi connectivity index (χ1v) is 8.38. The zero-order valence-electron chi connectivity index (χ0n) is 12.4. The number of hydrogen-bond donors (Lipinski definition) is 1. The number of ether oxygens (including phenoxy) is 1. The zero-order valence-corrected chi connectivity index (χ0v) is 13.2. The van der Waals surface area contributed by atoms with Gasteiger partial charge >= 0.3 is 0 Å². The van der Waals surface area contributed by atoms with Gasteiger partial charge in [-0.25, -0.2) is 8.42 Å². The van der Waals surface area contributed by atoms with Crippen molar-refractivity contribution in [3.8, 4) is 17.1 Å². The summed E-state index contributed by atoms with van der Waals surface area (Å²) >= 11 is 0. The first kappa shape index (κ1) is 15.2. The summed E-state index contributed by atoms with van der Waals surface area (Å²) in [5, 5.41) is 0. The second-order valence-electron chi connectivity index (χ2n) is 4.84. The quantitative estimate of drug-likeness (QED) is 0.774. The van der Waals surface area contributed by atoms with Gasteiger partial charge in [0.15, 0.2) is 0 Å². The molecule has 0 saturated heterocycles. The molecular formula is C17H15NO4S. The van der Waals surface area contributed by atoms with E-state index in [-0.39, 0.29) is 4.90 Å². The number of anilines is 1. The third-order valence-electron chi connectivity index (χ3n) is 3.29. The van der Waals surface area contributed by atoms with Crippen LogP contribution >= 0.6 is 0 Å². The topological polar surface area (TPSA) is 68.5 Å². The molecule has 0 aliphatic heterocycles. The summed E-state index contributed by atoms with van der Waals surface area (Å²) in [7, 11) is -2.13. The molecule has 5 nitrogen and oxygen atoms in total.